The molecule has 0 radical (unpaired) electrons. The lowest BCUT2D eigenvalue weighted by atomic mass is 10.1. The summed E-state index contributed by atoms with van der Waals surface area (Å²) >= 11 is 0. The lowest BCUT2D eigenvalue weighted by molar-refractivity contribution is 0.253. The highest BCUT2D eigenvalue weighted by molar-refractivity contribution is 5.89. The van der Waals surface area contributed by atoms with Crippen LogP contribution in [0.5, 0.6) is 0 Å². The fourth-order valence-corrected chi connectivity index (χ4v) is 1.65. The van der Waals surface area contributed by atoms with Crippen LogP contribution in [0.1, 0.15) is 11.3 Å². The number of urea groups is 1. The van der Waals surface area contributed by atoms with Gasteiger partial charge >= 0.3 is 6.03 Å². The van der Waals surface area contributed by atoms with Gasteiger partial charge in [-0.3, -0.25) is 10.4 Å². The second-order valence-electron chi connectivity index (χ2n) is 3.58. The summed E-state index contributed by atoms with van der Waals surface area (Å²) in [5.74, 6) is 0.601. The monoisotopic (exact) mass is 221 g/mol. The first-order valence-electron chi connectivity index (χ1n) is 5.24. The second-order valence-corrected chi connectivity index (χ2v) is 3.58. The molecule has 0 saturated carbocycles. The van der Waals surface area contributed by atoms with Gasteiger partial charge in [0.25, 0.3) is 0 Å². The Morgan fingerprint density at radius 2 is 2.50 bits per heavy atom. The SMILES string of the molecule is C=CCNC(=O)Nc1n[nH]c2c1CNCC2. The van der Waals surface area contributed by atoms with Crippen LogP contribution >= 0.6 is 0 Å². The average Bonchev–Trinajstić information content (AvgIpc) is 2.70. The highest BCUT2D eigenvalue weighted by atomic mass is 16.2. The molecule has 2 amide bonds. The molecule has 1 aliphatic rings. The number of carbonyl (C=O) groups is 1. The molecule has 0 spiro atoms. The fraction of sp³-hybridized carbons (Fsp3) is 0.400. The predicted molar refractivity (Wildman–Crippen MR) is 61.2 cm³/mol. The van der Waals surface area contributed by atoms with Crippen molar-refractivity contribution in [2.24, 2.45) is 0 Å². The molecule has 2 heterocycles. The Balaban J connectivity index is 2.01. The fourth-order valence-electron chi connectivity index (χ4n) is 1.65. The standard InChI is InChI=1S/C10H15N5O/c1-2-4-12-10(16)13-9-7-6-11-5-3-8(7)14-15-9/h2,11H,1,3-6H2,(H3,12,13,14,15,16). The Morgan fingerprint density at radius 3 is 3.31 bits per heavy atom. The van der Waals surface area contributed by atoms with Crippen LogP contribution in [0.4, 0.5) is 10.6 Å². The van der Waals surface area contributed by atoms with Crippen molar-refractivity contribution >= 4 is 11.8 Å². The van der Waals surface area contributed by atoms with Gasteiger partial charge < -0.3 is 10.6 Å². The van der Waals surface area contributed by atoms with Crippen molar-refractivity contribution in [2.75, 3.05) is 18.4 Å². The number of aromatic amines is 1. The third-order valence-electron chi connectivity index (χ3n) is 2.45. The van der Waals surface area contributed by atoms with Gasteiger partial charge in [-0.15, -0.1) is 6.58 Å². The van der Waals surface area contributed by atoms with E-state index < -0.39 is 0 Å². The van der Waals surface area contributed by atoms with Crippen LogP contribution in [0.2, 0.25) is 0 Å². The van der Waals surface area contributed by atoms with E-state index >= 15 is 0 Å². The first-order chi connectivity index (χ1) is 7.81. The molecule has 0 unspecified atom stereocenters. The van der Waals surface area contributed by atoms with Crippen molar-refractivity contribution in [3.63, 3.8) is 0 Å². The molecule has 86 valence electrons. The molecule has 0 atom stereocenters. The van der Waals surface area contributed by atoms with E-state index in [0.29, 0.717) is 12.4 Å². The number of anilines is 1. The van der Waals surface area contributed by atoms with E-state index in [1.54, 1.807) is 6.08 Å². The normalized spacial score (nSPS) is 14.0. The number of amides is 2. The van der Waals surface area contributed by atoms with E-state index in [1.165, 1.54) is 0 Å². The van der Waals surface area contributed by atoms with Crippen molar-refractivity contribution in [1.29, 1.82) is 0 Å². The van der Waals surface area contributed by atoms with Crippen LogP contribution in [-0.2, 0) is 13.0 Å². The lowest BCUT2D eigenvalue weighted by Gasteiger charge is -2.13. The summed E-state index contributed by atoms with van der Waals surface area (Å²) in [7, 11) is 0. The molecule has 0 aliphatic carbocycles. The third-order valence-corrected chi connectivity index (χ3v) is 2.45. The largest absolute Gasteiger partial charge is 0.334 e. The molecule has 4 N–H and O–H groups in total. The number of H-pyrrole nitrogens is 1. The highest BCUT2D eigenvalue weighted by Gasteiger charge is 2.17. The van der Waals surface area contributed by atoms with Gasteiger partial charge in [0, 0.05) is 37.3 Å². The molecule has 0 bridgehead atoms. The summed E-state index contributed by atoms with van der Waals surface area (Å²) in [4.78, 5) is 11.4. The Hall–Kier alpha value is -1.82. The van der Waals surface area contributed by atoms with Crippen LogP contribution in [0, 0.1) is 0 Å². The number of hydrogen-bond acceptors (Lipinski definition) is 3. The van der Waals surface area contributed by atoms with E-state index in [9.17, 15) is 4.79 Å². The van der Waals surface area contributed by atoms with E-state index in [4.69, 9.17) is 0 Å². The number of nitrogens with one attached hydrogen (secondary N) is 4. The summed E-state index contributed by atoms with van der Waals surface area (Å²) in [5.41, 5.74) is 2.14. The van der Waals surface area contributed by atoms with Crippen molar-refractivity contribution in [2.45, 2.75) is 13.0 Å². The number of fused-ring (bicyclic) bond motifs is 1. The zero-order valence-corrected chi connectivity index (χ0v) is 8.97. The maximum Gasteiger partial charge on any atom is 0.320 e. The Bertz CT molecular complexity index is 398. The van der Waals surface area contributed by atoms with Crippen molar-refractivity contribution in [3.05, 3.63) is 23.9 Å². The minimum Gasteiger partial charge on any atom is -0.334 e. The summed E-state index contributed by atoms with van der Waals surface area (Å²) in [6.45, 7) is 5.65. The topological polar surface area (TPSA) is 81.8 Å². The number of nitrogens with zero attached hydrogens (tertiary/aromatic N) is 1. The van der Waals surface area contributed by atoms with Gasteiger partial charge in [0.2, 0.25) is 0 Å². The molecule has 6 heteroatoms. The van der Waals surface area contributed by atoms with Crippen LogP contribution in [0.25, 0.3) is 0 Å². The minimum absolute atomic E-state index is 0.264. The number of carbonyl (C=O) groups excluding carboxylic acids is 1. The van der Waals surface area contributed by atoms with Crippen LogP contribution in [0.3, 0.4) is 0 Å². The third kappa shape index (κ3) is 2.22. The molecule has 1 aliphatic heterocycles. The van der Waals surface area contributed by atoms with Gasteiger partial charge in [-0.05, 0) is 0 Å². The molecule has 0 saturated heterocycles. The Kier molecular flexibility index (Phi) is 3.21. The lowest BCUT2D eigenvalue weighted by Crippen LogP contribution is -2.30. The molecular formula is C10H15N5O. The molecule has 0 aromatic carbocycles. The first-order valence-corrected chi connectivity index (χ1v) is 5.24. The number of hydrogen-bond donors (Lipinski definition) is 4. The average molecular weight is 221 g/mol. The Morgan fingerprint density at radius 1 is 1.62 bits per heavy atom. The van der Waals surface area contributed by atoms with Gasteiger partial charge in [0.15, 0.2) is 5.82 Å². The van der Waals surface area contributed by atoms with E-state index in [1.807, 2.05) is 0 Å². The predicted octanol–water partition coefficient (Wildman–Crippen LogP) is 0.363. The van der Waals surface area contributed by atoms with Gasteiger partial charge in [0.1, 0.15) is 0 Å². The van der Waals surface area contributed by atoms with Gasteiger partial charge in [-0.1, -0.05) is 6.08 Å². The van der Waals surface area contributed by atoms with Crippen molar-refractivity contribution in [1.82, 2.24) is 20.8 Å². The maximum absolute atomic E-state index is 11.4. The Labute approximate surface area is 93.5 Å². The van der Waals surface area contributed by atoms with E-state index in [-0.39, 0.29) is 6.03 Å². The molecular weight excluding hydrogens is 206 g/mol. The summed E-state index contributed by atoms with van der Waals surface area (Å²) in [6.07, 6.45) is 2.54. The number of rotatable bonds is 3. The summed E-state index contributed by atoms with van der Waals surface area (Å²) in [5, 5.41) is 15.6. The zero-order valence-electron chi connectivity index (χ0n) is 8.97. The van der Waals surface area contributed by atoms with Crippen LogP contribution in [-0.4, -0.2) is 29.3 Å². The highest BCUT2D eigenvalue weighted by Crippen LogP contribution is 2.19. The molecule has 1 aromatic rings. The van der Waals surface area contributed by atoms with E-state index in [2.05, 4.69) is 32.7 Å². The van der Waals surface area contributed by atoms with Gasteiger partial charge in [0.05, 0.1) is 0 Å². The van der Waals surface area contributed by atoms with Crippen LogP contribution in [0.15, 0.2) is 12.7 Å². The van der Waals surface area contributed by atoms with E-state index in [0.717, 1.165) is 30.8 Å². The second kappa shape index (κ2) is 4.80. The number of aromatic nitrogens is 2. The van der Waals surface area contributed by atoms with Crippen LogP contribution < -0.4 is 16.0 Å². The van der Waals surface area contributed by atoms with Gasteiger partial charge in [-0.25, -0.2) is 4.79 Å². The molecule has 2 rings (SSSR count). The zero-order chi connectivity index (χ0) is 11.4. The smallest absolute Gasteiger partial charge is 0.320 e. The van der Waals surface area contributed by atoms with Gasteiger partial charge in [-0.2, -0.15) is 5.10 Å². The van der Waals surface area contributed by atoms with Crippen molar-refractivity contribution < 1.29 is 4.79 Å². The maximum atomic E-state index is 11.4. The van der Waals surface area contributed by atoms with Crippen molar-refractivity contribution in [3.8, 4) is 0 Å². The summed E-state index contributed by atoms with van der Waals surface area (Å²) < 4.78 is 0. The molecule has 16 heavy (non-hydrogen) atoms. The molecule has 6 nitrogen and oxygen atoms in total. The molecule has 1 aromatic heterocycles. The summed E-state index contributed by atoms with van der Waals surface area (Å²) in [6, 6.07) is -0.264. The molecule has 0 fully saturated rings. The first kappa shape index (κ1) is 10.7. The quantitative estimate of drug-likeness (QED) is 0.556. The minimum atomic E-state index is -0.264.